The fraction of sp³-hybridized carbons (Fsp3) is 0.333. The predicted octanol–water partition coefficient (Wildman–Crippen LogP) is 1.33. The van der Waals surface area contributed by atoms with Gasteiger partial charge in [-0.15, -0.1) is 0 Å². The van der Waals surface area contributed by atoms with E-state index in [1.54, 1.807) is 43.1 Å². The molecule has 1 amide bonds. The minimum atomic E-state index is -0.455. The lowest BCUT2D eigenvalue weighted by Crippen LogP contribution is -2.41. The number of nitrogens with two attached hydrogens (primary N) is 1. The molecule has 1 atom stereocenters. The molecule has 0 saturated heterocycles. The van der Waals surface area contributed by atoms with E-state index in [4.69, 9.17) is 17.3 Å². The highest BCUT2D eigenvalue weighted by atomic mass is 35.5. The SMILES string of the molecule is CC(C(=O)c1ccc(Cl)cc1)N(C)CC(N)=O. The maximum atomic E-state index is 12.0. The molecule has 0 aliphatic heterocycles. The molecule has 0 aromatic heterocycles. The van der Waals surface area contributed by atoms with Crippen molar-refractivity contribution in [2.45, 2.75) is 13.0 Å². The molecule has 1 unspecified atom stereocenters. The number of halogens is 1. The van der Waals surface area contributed by atoms with Gasteiger partial charge in [0.15, 0.2) is 5.78 Å². The summed E-state index contributed by atoms with van der Waals surface area (Å²) in [6.45, 7) is 1.79. The van der Waals surface area contributed by atoms with Crippen LogP contribution in [0, 0.1) is 0 Å². The number of Topliss-reactive ketones (excluding diaryl/α,β-unsaturated/α-hetero) is 1. The molecular weight excluding hydrogens is 240 g/mol. The Balaban J connectivity index is 2.75. The van der Waals surface area contributed by atoms with Gasteiger partial charge in [0, 0.05) is 10.6 Å². The Hall–Kier alpha value is -1.39. The fourth-order valence-corrected chi connectivity index (χ4v) is 1.56. The highest BCUT2D eigenvalue weighted by Gasteiger charge is 2.20. The first kappa shape index (κ1) is 13.7. The number of benzene rings is 1. The number of carbonyl (C=O) groups excluding carboxylic acids is 2. The molecule has 0 saturated carbocycles. The molecule has 0 aliphatic carbocycles. The van der Waals surface area contributed by atoms with Crippen LogP contribution >= 0.6 is 11.6 Å². The average Bonchev–Trinajstić information content (AvgIpc) is 2.27. The van der Waals surface area contributed by atoms with Gasteiger partial charge in [0.25, 0.3) is 0 Å². The lowest BCUT2D eigenvalue weighted by atomic mass is 10.0. The molecule has 5 heteroatoms. The van der Waals surface area contributed by atoms with Crippen molar-refractivity contribution in [2.24, 2.45) is 5.73 Å². The first-order valence-electron chi connectivity index (χ1n) is 5.20. The topological polar surface area (TPSA) is 63.4 Å². The van der Waals surface area contributed by atoms with Gasteiger partial charge in [-0.1, -0.05) is 11.6 Å². The van der Waals surface area contributed by atoms with Crippen LogP contribution in [0.5, 0.6) is 0 Å². The number of hydrogen-bond acceptors (Lipinski definition) is 3. The summed E-state index contributed by atoms with van der Waals surface area (Å²) in [4.78, 5) is 24.4. The third-order valence-corrected chi connectivity index (χ3v) is 2.83. The van der Waals surface area contributed by atoms with Crippen molar-refractivity contribution < 1.29 is 9.59 Å². The standard InChI is InChI=1S/C12H15ClN2O2/c1-8(15(2)7-11(14)16)12(17)9-3-5-10(13)6-4-9/h3-6,8H,7H2,1-2H3,(H2,14,16). The van der Waals surface area contributed by atoms with Crippen molar-refractivity contribution >= 4 is 23.3 Å². The van der Waals surface area contributed by atoms with Crippen LogP contribution in [0.4, 0.5) is 0 Å². The smallest absolute Gasteiger partial charge is 0.231 e. The lowest BCUT2D eigenvalue weighted by Gasteiger charge is -2.21. The average molecular weight is 255 g/mol. The summed E-state index contributed by atoms with van der Waals surface area (Å²) in [7, 11) is 1.68. The maximum Gasteiger partial charge on any atom is 0.231 e. The molecular formula is C12H15ClN2O2. The Bertz CT molecular complexity index is 417. The molecule has 1 aromatic carbocycles. The number of amides is 1. The van der Waals surface area contributed by atoms with Crippen molar-refractivity contribution in [2.75, 3.05) is 13.6 Å². The summed E-state index contributed by atoms with van der Waals surface area (Å²) < 4.78 is 0. The molecule has 0 radical (unpaired) electrons. The van der Waals surface area contributed by atoms with E-state index >= 15 is 0 Å². The molecule has 0 fully saturated rings. The molecule has 0 heterocycles. The van der Waals surface area contributed by atoms with Crippen molar-refractivity contribution in [3.05, 3.63) is 34.9 Å². The summed E-state index contributed by atoms with van der Waals surface area (Å²) in [5.74, 6) is -0.520. The van der Waals surface area contributed by atoms with Gasteiger partial charge < -0.3 is 5.73 Å². The molecule has 0 bridgehead atoms. The zero-order chi connectivity index (χ0) is 13.0. The largest absolute Gasteiger partial charge is 0.369 e. The van der Waals surface area contributed by atoms with Gasteiger partial charge in [-0.3, -0.25) is 14.5 Å². The first-order chi connectivity index (χ1) is 7.91. The summed E-state index contributed by atoms with van der Waals surface area (Å²) in [6.07, 6.45) is 0. The van der Waals surface area contributed by atoms with E-state index in [0.29, 0.717) is 10.6 Å². The van der Waals surface area contributed by atoms with E-state index in [-0.39, 0.29) is 12.3 Å². The quantitative estimate of drug-likeness (QED) is 0.807. The molecule has 2 N–H and O–H groups in total. The van der Waals surface area contributed by atoms with Crippen molar-refractivity contribution in [3.63, 3.8) is 0 Å². The van der Waals surface area contributed by atoms with Gasteiger partial charge in [-0.05, 0) is 38.2 Å². The molecule has 1 aromatic rings. The van der Waals surface area contributed by atoms with Gasteiger partial charge >= 0.3 is 0 Å². The summed E-state index contributed by atoms with van der Waals surface area (Å²) in [5.41, 5.74) is 5.65. The number of carbonyl (C=O) groups is 2. The van der Waals surface area contributed by atoms with Crippen molar-refractivity contribution in [1.29, 1.82) is 0 Å². The minimum Gasteiger partial charge on any atom is -0.369 e. The summed E-state index contributed by atoms with van der Waals surface area (Å²) in [6, 6.07) is 6.26. The first-order valence-corrected chi connectivity index (χ1v) is 5.58. The van der Waals surface area contributed by atoms with Gasteiger partial charge in [0.1, 0.15) is 0 Å². The number of rotatable bonds is 5. The molecule has 4 nitrogen and oxygen atoms in total. The Labute approximate surface area is 105 Å². The van der Waals surface area contributed by atoms with Crippen LogP contribution in [0.3, 0.4) is 0 Å². The molecule has 92 valence electrons. The van der Waals surface area contributed by atoms with E-state index < -0.39 is 11.9 Å². The number of nitrogens with zero attached hydrogens (tertiary/aromatic N) is 1. The normalized spacial score (nSPS) is 12.5. The Morgan fingerprint density at radius 1 is 1.35 bits per heavy atom. The highest BCUT2D eigenvalue weighted by Crippen LogP contribution is 2.12. The number of primary amides is 1. The zero-order valence-electron chi connectivity index (χ0n) is 9.81. The zero-order valence-corrected chi connectivity index (χ0v) is 10.6. The van der Waals surface area contributed by atoms with E-state index in [1.807, 2.05) is 0 Å². The van der Waals surface area contributed by atoms with E-state index in [0.717, 1.165) is 0 Å². The van der Waals surface area contributed by atoms with Crippen LogP contribution in [0.15, 0.2) is 24.3 Å². The molecule has 0 aliphatic rings. The second-order valence-corrected chi connectivity index (χ2v) is 4.36. The van der Waals surface area contributed by atoms with Crippen LogP contribution in [-0.2, 0) is 4.79 Å². The van der Waals surface area contributed by atoms with Gasteiger partial charge in [-0.2, -0.15) is 0 Å². The Morgan fingerprint density at radius 2 is 1.88 bits per heavy atom. The van der Waals surface area contributed by atoms with Gasteiger partial charge in [0.05, 0.1) is 12.6 Å². The van der Waals surface area contributed by atoms with Gasteiger partial charge in [0.2, 0.25) is 5.91 Å². The third-order valence-electron chi connectivity index (χ3n) is 2.57. The van der Waals surface area contributed by atoms with Crippen LogP contribution in [0.2, 0.25) is 5.02 Å². The highest BCUT2D eigenvalue weighted by molar-refractivity contribution is 6.30. The Kier molecular flexibility index (Phi) is 4.66. The second kappa shape index (κ2) is 5.80. The van der Waals surface area contributed by atoms with Crippen LogP contribution in [0.1, 0.15) is 17.3 Å². The lowest BCUT2D eigenvalue weighted by molar-refractivity contribution is -0.119. The van der Waals surface area contributed by atoms with Crippen LogP contribution < -0.4 is 5.73 Å². The van der Waals surface area contributed by atoms with Crippen LogP contribution in [0.25, 0.3) is 0 Å². The number of hydrogen-bond donors (Lipinski definition) is 1. The van der Waals surface area contributed by atoms with Crippen LogP contribution in [-0.4, -0.2) is 36.2 Å². The third kappa shape index (κ3) is 3.84. The van der Waals surface area contributed by atoms with Crippen molar-refractivity contribution in [1.82, 2.24) is 4.90 Å². The fourth-order valence-electron chi connectivity index (χ4n) is 1.44. The summed E-state index contributed by atoms with van der Waals surface area (Å²) in [5, 5.41) is 0.583. The van der Waals surface area contributed by atoms with E-state index in [2.05, 4.69) is 0 Å². The number of likely N-dealkylation sites (N-methyl/N-ethyl adjacent to an activating group) is 1. The van der Waals surface area contributed by atoms with Crippen molar-refractivity contribution in [3.8, 4) is 0 Å². The molecule has 0 spiro atoms. The summed E-state index contributed by atoms with van der Waals surface area (Å²) >= 11 is 5.74. The maximum absolute atomic E-state index is 12.0. The monoisotopic (exact) mass is 254 g/mol. The Morgan fingerprint density at radius 3 is 2.35 bits per heavy atom. The number of ketones is 1. The molecule has 1 rings (SSSR count). The van der Waals surface area contributed by atoms with E-state index in [1.165, 1.54) is 0 Å². The predicted molar refractivity (Wildman–Crippen MR) is 67.1 cm³/mol. The molecule has 17 heavy (non-hydrogen) atoms. The van der Waals surface area contributed by atoms with E-state index in [9.17, 15) is 9.59 Å². The van der Waals surface area contributed by atoms with Gasteiger partial charge in [-0.25, -0.2) is 0 Å². The minimum absolute atomic E-state index is 0.0560. The second-order valence-electron chi connectivity index (χ2n) is 3.93.